The average Bonchev–Trinajstić information content (AvgIpc) is 2.62. The van der Waals surface area contributed by atoms with Crippen LogP contribution in [0.1, 0.15) is 32.6 Å². The van der Waals surface area contributed by atoms with Gasteiger partial charge in [-0.05, 0) is 31.1 Å². The van der Waals surface area contributed by atoms with E-state index in [4.69, 9.17) is 5.73 Å². The Hall–Kier alpha value is -2.38. The Labute approximate surface area is 153 Å². The number of nitrogens with one attached hydrogen (secondary N) is 1. The average molecular weight is 358 g/mol. The molecule has 0 spiro atoms. The monoisotopic (exact) mass is 358 g/mol. The highest BCUT2D eigenvalue weighted by Gasteiger charge is 2.49. The van der Waals surface area contributed by atoms with Crippen molar-refractivity contribution < 1.29 is 9.59 Å². The van der Waals surface area contributed by atoms with Crippen molar-refractivity contribution in [3.8, 4) is 0 Å². The van der Waals surface area contributed by atoms with Crippen LogP contribution < -0.4 is 16.0 Å². The first kappa shape index (κ1) is 17.1. The molecule has 3 aliphatic heterocycles. The second-order valence-corrected chi connectivity index (χ2v) is 7.73. The van der Waals surface area contributed by atoms with Gasteiger partial charge in [0.1, 0.15) is 18.0 Å². The summed E-state index contributed by atoms with van der Waals surface area (Å²) in [5.74, 6) is 2.25. The molecule has 140 valence electrons. The normalized spacial score (nSPS) is 30.7. The molecular weight excluding hydrogens is 332 g/mol. The Morgan fingerprint density at radius 1 is 1.35 bits per heavy atom. The lowest BCUT2D eigenvalue weighted by Gasteiger charge is -2.56. The molecular formula is C18H26N6O2. The summed E-state index contributed by atoms with van der Waals surface area (Å²) in [6.07, 6.45) is 5.21. The number of fused-ring (bicyclic) bond motifs is 4. The van der Waals surface area contributed by atoms with Crippen molar-refractivity contribution in [2.75, 3.05) is 30.3 Å². The Bertz CT molecular complexity index is 711. The van der Waals surface area contributed by atoms with Gasteiger partial charge >= 0.3 is 0 Å². The molecule has 4 atom stereocenters. The summed E-state index contributed by atoms with van der Waals surface area (Å²) in [5, 5.41) is 2.94. The molecule has 2 amide bonds. The fraction of sp³-hybridized carbons (Fsp3) is 0.667. The molecule has 1 aromatic rings. The Morgan fingerprint density at radius 2 is 2.15 bits per heavy atom. The molecule has 3 fully saturated rings. The number of nitrogens with two attached hydrogens (primary N) is 1. The Kier molecular flexibility index (Phi) is 4.42. The van der Waals surface area contributed by atoms with E-state index in [-0.39, 0.29) is 23.9 Å². The molecule has 4 heterocycles. The molecule has 1 aromatic heterocycles. The number of nitrogen functional groups attached to an aromatic ring is 1. The van der Waals surface area contributed by atoms with Crippen molar-refractivity contribution in [3.63, 3.8) is 0 Å². The van der Waals surface area contributed by atoms with Gasteiger partial charge in [-0.15, -0.1) is 0 Å². The smallest absolute Gasteiger partial charge is 0.223 e. The lowest BCUT2D eigenvalue weighted by Crippen LogP contribution is -2.67. The zero-order valence-corrected chi connectivity index (χ0v) is 15.1. The third-order valence-corrected chi connectivity index (χ3v) is 6.05. The standard InChI is InChI=1S/C18H26N6O2/c1-11(25)20-7-15-13-5-12(14-3-2-4-18(26)24(14)15)8-23(9-13)17-6-16(19)21-10-22-17/h6,10,12-15H,2-5,7-9H2,1H3,(H,20,25)(H2,19,21,22)/t12-,13+,14+,15+/m1/s1. The van der Waals surface area contributed by atoms with E-state index in [0.29, 0.717) is 30.6 Å². The van der Waals surface area contributed by atoms with Crippen LogP contribution in [-0.2, 0) is 9.59 Å². The van der Waals surface area contributed by atoms with Gasteiger partial charge in [-0.3, -0.25) is 9.59 Å². The summed E-state index contributed by atoms with van der Waals surface area (Å²) in [4.78, 5) is 36.9. The summed E-state index contributed by atoms with van der Waals surface area (Å²) in [5.41, 5.74) is 5.84. The second-order valence-electron chi connectivity index (χ2n) is 7.73. The van der Waals surface area contributed by atoms with Crippen LogP contribution in [0.4, 0.5) is 11.6 Å². The van der Waals surface area contributed by atoms with Crippen LogP contribution in [0.25, 0.3) is 0 Å². The lowest BCUT2D eigenvalue weighted by molar-refractivity contribution is -0.149. The highest BCUT2D eigenvalue weighted by Crippen LogP contribution is 2.42. The van der Waals surface area contributed by atoms with Gasteiger partial charge in [-0.25, -0.2) is 9.97 Å². The Morgan fingerprint density at radius 3 is 2.92 bits per heavy atom. The summed E-state index contributed by atoms with van der Waals surface area (Å²) < 4.78 is 0. The minimum Gasteiger partial charge on any atom is -0.384 e. The van der Waals surface area contributed by atoms with Crippen molar-refractivity contribution in [2.24, 2.45) is 11.8 Å². The molecule has 3 N–H and O–H groups in total. The van der Waals surface area contributed by atoms with Crippen LogP contribution >= 0.6 is 0 Å². The quantitative estimate of drug-likeness (QED) is 0.810. The number of anilines is 2. The molecule has 8 nitrogen and oxygen atoms in total. The molecule has 4 rings (SSSR count). The summed E-state index contributed by atoms with van der Waals surface area (Å²) >= 11 is 0. The number of piperidine rings is 3. The van der Waals surface area contributed by atoms with Crippen LogP contribution in [0.2, 0.25) is 0 Å². The minimum absolute atomic E-state index is 0.0509. The molecule has 8 heteroatoms. The Balaban J connectivity index is 1.61. The van der Waals surface area contributed by atoms with Crippen molar-refractivity contribution >= 4 is 23.5 Å². The van der Waals surface area contributed by atoms with Gasteiger partial charge in [0.05, 0.1) is 6.04 Å². The van der Waals surface area contributed by atoms with Crippen LogP contribution in [0.5, 0.6) is 0 Å². The first-order valence-corrected chi connectivity index (χ1v) is 9.41. The van der Waals surface area contributed by atoms with E-state index >= 15 is 0 Å². The van der Waals surface area contributed by atoms with Crippen LogP contribution in [-0.4, -0.2) is 58.4 Å². The van der Waals surface area contributed by atoms with Crippen molar-refractivity contribution in [1.29, 1.82) is 0 Å². The highest BCUT2D eigenvalue weighted by atomic mass is 16.2. The number of aromatic nitrogens is 2. The maximum Gasteiger partial charge on any atom is 0.223 e. The number of amides is 2. The van der Waals surface area contributed by atoms with E-state index in [1.165, 1.54) is 13.3 Å². The van der Waals surface area contributed by atoms with E-state index in [1.807, 2.05) is 6.07 Å². The second kappa shape index (κ2) is 6.74. The maximum absolute atomic E-state index is 12.7. The minimum atomic E-state index is -0.0515. The van der Waals surface area contributed by atoms with Crippen LogP contribution in [0.15, 0.2) is 12.4 Å². The fourth-order valence-corrected chi connectivity index (χ4v) is 5.01. The molecule has 0 unspecified atom stereocenters. The lowest BCUT2D eigenvalue weighted by atomic mass is 9.72. The first-order valence-electron chi connectivity index (χ1n) is 9.41. The van der Waals surface area contributed by atoms with Gasteiger partial charge in [0.25, 0.3) is 0 Å². The third-order valence-electron chi connectivity index (χ3n) is 6.05. The van der Waals surface area contributed by atoms with E-state index < -0.39 is 0 Å². The summed E-state index contributed by atoms with van der Waals surface area (Å²) in [6.45, 7) is 3.74. The first-order chi connectivity index (χ1) is 12.5. The molecule has 3 saturated heterocycles. The summed E-state index contributed by atoms with van der Waals surface area (Å²) in [7, 11) is 0. The van der Waals surface area contributed by atoms with E-state index in [0.717, 1.165) is 38.2 Å². The zero-order chi connectivity index (χ0) is 18.3. The number of carbonyl (C=O) groups is 2. The third kappa shape index (κ3) is 3.08. The van der Waals surface area contributed by atoms with Crippen molar-refractivity contribution in [2.45, 2.75) is 44.7 Å². The molecule has 2 bridgehead atoms. The van der Waals surface area contributed by atoms with Gasteiger partial charge in [0, 0.05) is 45.1 Å². The van der Waals surface area contributed by atoms with Gasteiger partial charge in [-0.1, -0.05) is 0 Å². The molecule has 3 aliphatic rings. The van der Waals surface area contributed by atoms with Gasteiger partial charge in [0.2, 0.25) is 11.8 Å². The largest absolute Gasteiger partial charge is 0.384 e. The van der Waals surface area contributed by atoms with Crippen molar-refractivity contribution in [3.05, 3.63) is 12.4 Å². The predicted molar refractivity (Wildman–Crippen MR) is 97.2 cm³/mol. The molecule has 0 radical (unpaired) electrons. The molecule has 0 aromatic carbocycles. The number of hydrogen-bond acceptors (Lipinski definition) is 6. The number of carbonyl (C=O) groups excluding carboxylic acids is 2. The van der Waals surface area contributed by atoms with E-state index in [9.17, 15) is 9.59 Å². The van der Waals surface area contributed by atoms with E-state index in [2.05, 4.69) is 25.1 Å². The number of rotatable bonds is 3. The fourth-order valence-electron chi connectivity index (χ4n) is 5.01. The molecule has 0 aliphatic carbocycles. The molecule has 26 heavy (non-hydrogen) atoms. The molecule has 0 saturated carbocycles. The van der Waals surface area contributed by atoms with Gasteiger partial charge in [0.15, 0.2) is 0 Å². The van der Waals surface area contributed by atoms with Crippen molar-refractivity contribution in [1.82, 2.24) is 20.2 Å². The SMILES string of the molecule is CC(=O)NC[C@H]1[C@H]2C[C@H](CN(c3cc(N)ncn3)C2)[C@@H]2CCCC(=O)N21. The van der Waals surface area contributed by atoms with Gasteiger partial charge in [-0.2, -0.15) is 0 Å². The number of nitrogens with zero attached hydrogens (tertiary/aromatic N) is 4. The van der Waals surface area contributed by atoms with Crippen LogP contribution in [0, 0.1) is 11.8 Å². The van der Waals surface area contributed by atoms with Gasteiger partial charge < -0.3 is 20.9 Å². The summed E-state index contributed by atoms with van der Waals surface area (Å²) in [6, 6.07) is 2.12. The highest BCUT2D eigenvalue weighted by molar-refractivity contribution is 5.78. The maximum atomic E-state index is 12.7. The zero-order valence-electron chi connectivity index (χ0n) is 15.1. The predicted octanol–water partition coefficient (Wildman–Crippen LogP) is 0.401. The number of hydrogen-bond donors (Lipinski definition) is 2. The van der Waals surface area contributed by atoms with Crippen LogP contribution in [0.3, 0.4) is 0 Å². The topological polar surface area (TPSA) is 104 Å². The van der Waals surface area contributed by atoms with E-state index in [1.54, 1.807) is 0 Å².